The molecule has 6 heteroatoms. The molecule has 1 N–H and O–H groups in total. The first kappa shape index (κ1) is 18.7. The summed E-state index contributed by atoms with van der Waals surface area (Å²) in [5.41, 5.74) is 0.685. The molecule has 0 heterocycles. The molecule has 1 amide bonds. The predicted octanol–water partition coefficient (Wildman–Crippen LogP) is 3.07. The Hall–Kier alpha value is -2.68. The van der Waals surface area contributed by atoms with E-state index in [9.17, 15) is 10.1 Å². The first-order valence-corrected chi connectivity index (χ1v) is 8.35. The van der Waals surface area contributed by atoms with Crippen molar-refractivity contribution in [2.45, 2.75) is 38.1 Å². The summed E-state index contributed by atoms with van der Waals surface area (Å²) in [6.07, 6.45) is 6.90. The van der Waals surface area contributed by atoms with Gasteiger partial charge in [-0.1, -0.05) is 19.3 Å². The van der Waals surface area contributed by atoms with Crippen LogP contribution in [0.1, 0.15) is 37.7 Å². The predicted molar refractivity (Wildman–Crippen MR) is 94.7 cm³/mol. The standard InChI is InChI=1S/C19H24N2O4/c1-23-16-10-13(11-17(24-2)18(16)25-3)9-14(12-20)19(22)21-15-7-5-4-6-8-15/h9-11,15H,4-8H2,1-3H3,(H,21,22)/b14-9+. The summed E-state index contributed by atoms with van der Waals surface area (Å²) in [4.78, 5) is 12.4. The van der Waals surface area contributed by atoms with Crippen molar-refractivity contribution >= 4 is 12.0 Å². The molecule has 0 unspecified atom stereocenters. The average Bonchev–Trinajstić information content (AvgIpc) is 2.65. The Morgan fingerprint density at radius 1 is 1.12 bits per heavy atom. The maximum absolute atomic E-state index is 12.4. The van der Waals surface area contributed by atoms with Crippen LogP contribution in [-0.4, -0.2) is 33.3 Å². The zero-order valence-corrected chi connectivity index (χ0v) is 14.9. The minimum Gasteiger partial charge on any atom is -0.493 e. The van der Waals surface area contributed by atoms with Crippen molar-refractivity contribution in [2.24, 2.45) is 0 Å². The molecule has 1 aliphatic carbocycles. The number of benzene rings is 1. The SMILES string of the molecule is COc1cc(/C=C(\C#N)C(=O)NC2CCCCC2)cc(OC)c1OC. The van der Waals surface area contributed by atoms with Crippen LogP contribution < -0.4 is 19.5 Å². The molecule has 0 aliphatic heterocycles. The van der Waals surface area contributed by atoms with E-state index in [2.05, 4.69) is 5.32 Å². The van der Waals surface area contributed by atoms with Crippen molar-refractivity contribution in [1.82, 2.24) is 5.32 Å². The number of nitriles is 1. The lowest BCUT2D eigenvalue weighted by molar-refractivity contribution is -0.117. The molecular weight excluding hydrogens is 320 g/mol. The first-order chi connectivity index (χ1) is 12.1. The van der Waals surface area contributed by atoms with Gasteiger partial charge in [0.25, 0.3) is 5.91 Å². The van der Waals surface area contributed by atoms with Crippen molar-refractivity contribution in [3.05, 3.63) is 23.3 Å². The third-order valence-corrected chi connectivity index (χ3v) is 4.30. The number of carbonyl (C=O) groups excluding carboxylic acids is 1. The molecule has 0 radical (unpaired) electrons. The van der Waals surface area contributed by atoms with E-state index in [4.69, 9.17) is 14.2 Å². The van der Waals surface area contributed by atoms with Gasteiger partial charge < -0.3 is 19.5 Å². The third-order valence-electron chi connectivity index (χ3n) is 4.30. The second-order valence-electron chi connectivity index (χ2n) is 5.94. The van der Waals surface area contributed by atoms with Crippen LogP contribution >= 0.6 is 0 Å². The molecule has 1 aliphatic rings. The maximum atomic E-state index is 12.4. The van der Waals surface area contributed by atoms with Gasteiger partial charge in [-0.3, -0.25) is 4.79 Å². The van der Waals surface area contributed by atoms with Gasteiger partial charge >= 0.3 is 0 Å². The molecule has 0 saturated heterocycles. The number of methoxy groups -OCH3 is 3. The van der Waals surface area contributed by atoms with Gasteiger partial charge in [-0.05, 0) is 36.6 Å². The van der Waals surface area contributed by atoms with Gasteiger partial charge in [0, 0.05) is 6.04 Å². The quantitative estimate of drug-likeness (QED) is 0.634. The number of nitrogens with zero attached hydrogens (tertiary/aromatic N) is 1. The second-order valence-corrected chi connectivity index (χ2v) is 5.94. The molecule has 1 saturated carbocycles. The van der Waals surface area contributed by atoms with Crippen molar-refractivity contribution in [2.75, 3.05) is 21.3 Å². The molecule has 1 fully saturated rings. The van der Waals surface area contributed by atoms with Crippen LogP contribution in [0.3, 0.4) is 0 Å². The van der Waals surface area contributed by atoms with Crippen molar-refractivity contribution in [3.63, 3.8) is 0 Å². The second kappa shape index (κ2) is 8.97. The number of nitrogens with one attached hydrogen (secondary N) is 1. The largest absolute Gasteiger partial charge is 0.493 e. The highest BCUT2D eigenvalue weighted by Crippen LogP contribution is 2.38. The summed E-state index contributed by atoms with van der Waals surface area (Å²) >= 11 is 0. The minimum absolute atomic E-state index is 0.0554. The molecule has 0 spiro atoms. The molecule has 0 atom stereocenters. The van der Waals surface area contributed by atoms with Crippen LogP contribution in [0.2, 0.25) is 0 Å². The van der Waals surface area contributed by atoms with E-state index < -0.39 is 0 Å². The van der Waals surface area contributed by atoms with Gasteiger partial charge in [-0.25, -0.2) is 0 Å². The van der Waals surface area contributed by atoms with Crippen LogP contribution in [0.4, 0.5) is 0 Å². The van der Waals surface area contributed by atoms with E-state index >= 15 is 0 Å². The Labute approximate surface area is 148 Å². The first-order valence-electron chi connectivity index (χ1n) is 8.35. The highest BCUT2D eigenvalue weighted by molar-refractivity contribution is 6.02. The van der Waals surface area contributed by atoms with Crippen LogP contribution in [0.15, 0.2) is 17.7 Å². The van der Waals surface area contributed by atoms with Crippen LogP contribution in [0, 0.1) is 11.3 Å². The molecule has 0 bridgehead atoms. The summed E-state index contributed by atoms with van der Waals surface area (Å²) < 4.78 is 15.9. The van der Waals surface area contributed by atoms with Gasteiger partial charge in [0.2, 0.25) is 5.75 Å². The highest BCUT2D eigenvalue weighted by Gasteiger charge is 2.19. The highest BCUT2D eigenvalue weighted by atomic mass is 16.5. The van der Waals surface area contributed by atoms with E-state index in [1.165, 1.54) is 33.8 Å². The van der Waals surface area contributed by atoms with E-state index in [1.807, 2.05) is 6.07 Å². The van der Waals surface area contributed by atoms with Crippen molar-refractivity contribution < 1.29 is 19.0 Å². The van der Waals surface area contributed by atoms with E-state index in [-0.39, 0.29) is 17.5 Å². The topological polar surface area (TPSA) is 80.6 Å². The lowest BCUT2D eigenvalue weighted by atomic mass is 9.95. The van der Waals surface area contributed by atoms with Gasteiger partial charge in [0.05, 0.1) is 21.3 Å². The lowest BCUT2D eigenvalue weighted by Gasteiger charge is -2.22. The smallest absolute Gasteiger partial charge is 0.262 e. The molecular formula is C19H24N2O4. The maximum Gasteiger partial charge on any atom is 0.262 e. The fourth-order valence-electron chi connectivity index (χ4n) is 3.01. The Bertz CT molecular complexity index is 660. The minimum atomic E-state index is -0.344. The van der Waals surface area contributed by atoms with Gasteiger partial charge in [-0.15, -0.1) is 0 Å². The average molecular weight is 344 g/mol. The third kappa shape index (κ3) is 4.66. The molecule has 25 heavy (non-hydrogen) atoms. The number of hydrogen-bond donors (Lipinski definition) is 1. The number of hydrogen-bond acceptors (Lipinski definition) is 5. The van der Waals surface area contributed by atoms with Crippen molar-refractivity contribution in [1.29, 1.82) is 5.26 Å². The summed E-state index contributed by atoms with van der Waals surface area (Å²) in [7, 11) is 4.56. The van der Waals surface area contributed by atoms with Crippen LogP contribution in [-0.2, 0) is 4.79 Å². The molecule has 1 aromatic carbocycles. The number of rotatable bonds is 6. The fraction of sp³-hybridized carbons (Fsp3) is 0.474. The van der Waals surface area contributed by atoms with Crippen LogP contribution in [0.5, 0.6) is 17.2 Å². The van der Waals surface area contributed by atoms with Crippen LogP contribution in [0.25, 0.3) is 6.08 Å². The normalized spacial score (nSPS) is 15.2. The monoisotopic (exact) mass is 344 g/mol. The summed E-state index contributed by atoms with van der Waals surface area (Å²) in [5, 5.41) is 12.3. The Morgan fingerprint density at radius 2 is 1.72 bits per heavy atom. The van der Waals surface area contributed by atoms with Gasteiger partial charge in [0.15, 0.2) is 11.5 Å². The van der Waals surface area contributed by atoms with Gasteiger partial charge in [-0.2, -0.15) is 5.26 Å². The molecule has 1 aromatic rings. The molecule has 6 nitrogen and oxygen atoms in total. The molecule has 0 aromatic heterocycles. The lowest BCUT2D eigenvalue weighted by Crippen LogP contribution is -2.36. The number of amides is 1. The van der Waals surface area contributed by atoms with Gasteiger partial charge in [0.1, 0.15) is 11.6 Å². The van der Waals surface area contributed by atoms with E-state index in [1.54, 1.807) is 12.1 Å². The fourth-order valence-corrected chi connectivity index (χ4v) is 3.01. The van der Waals surface area contributed by atoms with Crippen molar-refractivity contribution in [3.8, 4) is 23.3 Å². The zero-order valence-electron chi connectivity index (χ0n) is 14.9. The summed E-state index contributed by atoms with van der Waals surface area (Å²) in [6.45, 7) is 0. The van der Waals surface area contributed by atoms with E-state index in [0.29, 0.717) is 22.8 Å². The summed E-state index contributed by atoms with van der Waals surface area (Å²) in [5.74, 6) is 1.06. The summed E-state index contributed by atoms with van der Waals surface area (Å²) in [6, 6.07) is 5.53. The Morgan fingerprint density at radius 3 is 2.20 bits per heavy atom. The Balaban J connectivity index is 2.26. The Kier molecular flexibility index (Phi) is 6.70. The number of carbonyl (C=O) groups is 1. The zero-order chi connectivity index (χ0) is 18.2. The molecule has 2 rings (SSSR count). The van der Waals surface area contributed by atoms with E-state index in [0.717, 1.165) is 25.7 Å². The molecule has 134 valence electrons. The number of ether oxygens (including phenoxy) is 3.